The van der Waals surface area contributed by atoms with Crippen molar-refractivity contribution in [3.8, 4) is 23.0 Å². The lowest BCUT2D eigenvalue weighted by Crippen LogP contribution is -2.47. The van der Waals surface area contributed by atoms with Crippen LogP contribution in [0, 0.1) is 0 Å². The van der Waals surface area contributed by atoms with E-state index in [2.05, 4.69) is 10.6 Å². The van der Waals surface area contributed by atoms with Crippen LogP contribution in [-0.2, 0) is 19.4 Å². The molecular formula is C23H26N2O9S. The summed E-state index contributed by atoms with van der Waals surface area (Å²) in [5, 5.41) is 5.08. The van der Waals surface area contributed by atoms with Gasteiger partial charge in [-0.1, -0.05) is 6.07 Å². The Kier molecular flexibility index (Phi) is 7.75. The molecule has 0 radical (unpaired) electrons. The molecule has 2 aromatic rings. The third-order valence-corrected chi connectivity index (χ3v) is 7.00. The number of nitrogens with one attached hydrogen (secondary N) is 2. The van der Waals surface area contributed by atoms with Crippen molar-refractivity contribution in [3.63, 3.8) is 0 Å². The predicted molar refractivity (Wildman–Crippen MR) is 125 cm³/mol. The van der Waals surface area contributed by atoms with Crippen LogP contribution < -0.4 is 29.6 Å². The van der Waals surface area contributed by atoms with E-state index in [1.54, 1.807) is 24.3 Å². The zero-order valence-electron chi connectivity index (χ0n) is 19.8. The second kappa shape index (κ2) is 10.6. The molecule has 188 valence electrons. The molecule has 0 fully saturated rings. The number of ether oxygens (including phenoxy) is 5. The van der Waals surface area contributed by atoms with Crippen LogP contribution in [0.3, 0.4) is 0 Å². The van der Waals surface area contributed by atoms with Gasteiger partial charge in [0.1, 0.15) is 16.4 Å². The van der Waals surface area contributed by atoms with E-state index >= 15 is 0 Å². The first-order chi connectivity index (χ1) is 16.7. The molecule has 1 aliphatic heterocycles. The van der Waals surface area contributed by atoms with E-state index in [-0.39, 0.29) is 21.9 Å². The van der Waals surface area contributed by atoms with E-state index < -0.39 is 33.6 Å². The smallest absolute Gasteiger partial charge is 0.338 e. The molecule has 0 bridgehead atoms. The molecule has 2 N–H and O–H groups in total. The fourth-order valence-corrected chi connectivity index (χ4v) is 5.18. The van der Waals surface area contributed by atoms with E-state index in [0.29, 0.717) is 22.8 Å². The fourth-order valence-electron chi connectivity index (χ4n) is 3.66. The summed E-state index contributed by atoms with van der Waals surface area (Å²) in [6.45, 7) is 0. The standard InChI is InChI=1S/C23H26N2O9S/c1-30-14-7-9-17(32-3)19(11-14)35(28,29)12-15-20(22(26)34-5)21(25-23(27)24-15)13-6-8-16(31-2)18(10-13)33-4/h6-11,21H,12H2,1-5H3,(H2,24,25,27)/t21-/m1/s1. The Bertz CT molecular complexity index is 1270. The number of hydrogen-bond acceptors (Lipinski definition) is 9. The third kappa shape index (κ3) is 5.27. The predicted octanol–water partition coefficient (Wildman–Crippen LogP) is 1.98. The van der Waals surface area contributed by atoms with E-state index in [4.69, 9.17) is 23.7 Å². The minimum absolute atomic E-state index is 0.0789. The number of urea groups is 1. The lowest BCUT2D eigenvalue weighted by Gasteiger charge is -2.29. The summed E-state index contributed by atoms with van der Waals surface area (Å²) >= 11 is 0. The number of amides is 2. The molecule has 11 nitrogen and oxygen atoms in total. The number of hydrogen-bond donors (Lipinski definition) is 2. The molecule has 1 atom stereocenters. The van der Waals surface area contributed by atoms with Gasteiger partial charge in [-0.25, -0.2) is 18.0 Å². The van der Waals surface area contributed by atoms with Gasteiger partial charge in [0, 0.05) is 11.8 Å². The third-order valence-electron chi connectivity index (χ3n) is 5.34. The van der Waals surface area contributed by atoms with Crippen LogP contribution >= 0.6 is 0 Å². The molecule has 1 heterocycles. The van der Waals surface area contributed by atoms with Crippen molar-refractivity contribution in [2.75, 3.05) is 41.3 Å². The second-order valence-corrected chi connectivity index (χ2v) is 9.26. The number of rotatable bonds is 9. The van der Waals surface area contributed by atoms with Gasteiger partial charge in [-0.2, -0.15) is 0 Å². The quantitative estimate of drug-likeness (QED) is 0.489. The largest absolute Gasteiger partial charge is 0.497 e. The molecule has 0 saturated carbocycles. The summed E-state index contributed by atoms with van der Waals surface area (Å²) in [5.41, 5.74) is 0.238. The van der Waals surface area contributed by atoms with Crippen molar-refractivity contribution in [1.82, 2.24) is 10.6 Å². The van der Waals surface area contributed by atoms with Crippen molar-refractivity contribution in [3.05, 3.63) is 53.2 Å². The van der Waals surface area contributed by atoms with Gasteiger partial charge in [0.25, 0.3) is 0 Å². The molecule has 12 heteroatoms. The van der Waals surface area contributed by atoms with Crippen LogP contribution in [0.1, 0.15) is 11.6 Å². The minimum atomic E-state index is -4.12. The van der Waals surface area contributed by atoms with Crippen LogP contribution in [0.4, 0.5) is 4.79 Å². The summed E-state index contributed by atoms with van der Waals surface area (Å²) in [5.74, 6) is -0.352. The Morgan fingerprint density at radius 1 is 0.886 bits per heavy atom. The SMILES string of the molecule is COC(=O)C1=C(CS(=O)(=O)c2cc(OC)ccc2OC)NC(=O)N[C@@H]1c1ccc(OC)c(OC)c1. The number of esters is 1. The van der Waals surface area contributed by atoms with Crippen molar-refractivity contribution >= 4 is 21.8 Å². The molecule has 0 aliphatic carbocycles. The van der Waals surface area contributed by atoms with Gasteiger partial charge in [-0.15, -0.1) is 0 Å². The molecular weight excluding hydrogens is 480 g/mol. The summed E-state index contributed by atoms with van der Waals surface area (Å²) in [4.78, 5) is 25.2. The summed E-state index contributed by atoms with van der Waals surface area (Å²) < 4.78 is 52.7. The van der Waals surface area contributed by atoms with Gasteiger partial charge in [-0.3, -0.25) is 0 Å². The maximum atomic E-state index is 13.4. The highest BCUT2D eigenvalue weighted by Gasteiger charge is 2.36. The van der Waals surface area contributed by atoms with Crippen LogP contribution in [-0.4, -0.2) is 61.7 Å². The molecule has 0 unspecified atom stereocenters. The molecule has 2 aromatic carbocycles. The van der Waals surface area contributed by atoms with Crippen molar-refractivity contribution < 1.29 is 41.7 Å². The van der Waals surface area contributed by atoms with Gasteiger partial charge in [0.2, 0.25) is 0 Å². The second-order valence-electron chi connectivity index (χ2n) is 7.31. The average molecular weight is 507 g/mol. The van der Waals surface area contributed by atoms with Crippen LogP contribution in [0.2, 0.25) is 0 Å². The first-order valence-corrected chi connectivity index (χ1v) is 11.9. The Morgan fingerprint density at radius 3 is 2.14 bits per heavy atom. The number of sulfone groups is 1. The van der Waals surface area contributed by atoms with E-state index in [9.17, 15) is 18.0 Å². The first-order valence-electron chi connectivity index (χ1n) is 10.2. The monoisotopic (exact) mass is 506 g/mol. The summed E-state index contributed by atoms with van der Waals surface area (Å²) in [6, 6.07) is 7.41. The zero-order chi connectivity index (χ0) is 25.8. The normalized spacial score (nSPS) is 15.6. The van der Waals surface area contributed by atoms with Crippen LogP contribution in [0.15, 0.2) is 52.6 Å². The fraction of sp³-hybridized carbons (Fsp3) is 0.304. The Hall–Kier alpha value is -3.93. The maximum absolute atomic E-state index is 13.4. The molecule has 2 amide bonds. The summed E-state index contributed by atoms with van der Waals surface area (Å²) in [7, 11) is 2.69. The lowest BCUT2D eigenvalue weighted by atomic mass is 9.95. The Morgan fingerprint density at radius 2 is 1.54 bits per heavy atom. The molecule has 0 saturated heterocycles. The zero-order valence-corrected chi connectivity index (χ0v) is 20.6. The number of methoxy groups -OCH3 is 5. The highest BCUT2D eigenvalue weighted by molar-refractivity contribution is 7.91. The highest BCUT2D eigenvalue weighted by atomic mass is 32.2. The Balaban J connectivity index is 2.15. The minimum Gasteiger partial charge on any atom is -0.497 e. The van der Waals surface area contributed by atoms with E-state index in [0.717, 1.165) is 7.11 Å². The Labute approximate surface area is 202 Å². The van der Waals surface area contributed by atoms with Gasteiger partial charge in [0.15, 0.2) is 21.3 Å². The van der Waals surface area contributed by atoms with Gasteiger partial charge in [-0.05, 0) is 29.8 Å². The van der Waals surface area contributed by atoms with Crippen molar-refractivity contribution in [2.45, 2.75) is 10.9 Å². The average Bonchev–Trinajstić information content (AvgIpc) is 2.86. The molecule has 0 spiro atoms. The molecule has 3 rings (SSSR count). The van der Waals surface area contributed by atoms with Gasteiger partial charge < -0.3 is 34.3 Å². The van der Waals surface area contributed by atoms with Gasteiger partial charge in [0.05, 0.1) is 52.9 Å². The van der Waals surface area contributed by atoms with Crippen molar-refractivity contribution in [2.24, 2.45) is 0 Å². The van der Waals surface area contributed by atoms with Crippen LogP contribution in [0.25, 0.3) is 0 Å². The van der Waals surface area contributed by atoms with E-state index in [1.807, 2.05) is 0 Å². The molecule has 35 heavy (non-hydrogen) atoms. The molecule has 0 aromatic heterocycles. The van der Waals surface area contributed by atoms with E-state index in [1.165, 1.54) is 40.6 Å². The number of carbonyl (C=O) groups is 2. The lowest BCUT2D eigenvalue weighted by molar-refractivity contribution is -0.136. The maximum Gasteiger partial charge on any atom is 0.338 e. The first kappa shape index (κ1) is 25.7. The topological polar surface area (TPSA) is 138 Å². The van der Waals surface area contributed by atoms with Crippen LogP contribution in [0.5, 0.6) is 23.0 Å². The number of carbonyl (C=O) groups excluding carboxylic acids is 2. The highest BCUT2D eigenvalue weighted by Crippen LogP contribution is 2.36. The van der Waals surface area contributed by atoms with Gasteiger partial charge >= 0.3 is 12.0 Å². The number of benzene rings is 2. The van der Waals surface area contributed by atoms with Crippen molar-refractivity contribution in [1.29, 1.82) is 0 Å². The summed E-state index contributed by atoms with van der Waals surface area (Å²) in [6.07, 6.45) is 0. The molecule has 1 aliphatic rings.